The summed E-state index contributed by atoms with van der Waals surface area (Å²) in [5.74, 6) is -0.953. The minimum absolute atomic E-state index is 0.255. The molecule has 2 aromatic heterocycles. The fourth-order valence-electron chi connectivity index (χ4n) is 2.51. The number of aromatic nitrogens is 2. The lowest BCUT2D eigenvalue weighted by atomic mass is 10.0. The number of nitrogens with one attached hydrogen (secondary N) is 2. The number of rotatable bonds is 5. The lowest BCUT2D eigenvalue weighted by molar-refractivity contribution is -0.130. The Bertz CT molecular complexity index is 866. The number of aliphatic carboxylic acids is 1. The van der Waals surface area contributed by atoms with Crippen LogP contribution in [0.15, 0.2) is 48.7 Å². The molecule has 1 aromatic carbocycles. The highest BCUT2D eigenvalue weighted by Gasteiger charge is 2.12. The Balaban J connectivity index is 2.06. The van der Waals surface area contributed by atoms with Crippen LogP contribution in [0.5, 0.6) is 0 Å². The molecule has 5 heteroatoms. The van der Waals surface area contributed by atoms with Gasteiger partial charge in [-0.3, -0.25) is 0 Å². The second-order valence-corrected chi connectivity index (χ2v) is 5.20. The number of pyridine rings is 1. The molecule has 2 heterocycles. The molecule has 0 unspecified atom stereocenters. The van der Waals surface area contributed by atoms with Gasteiger partial charge in [-0.05, 0) is 30.8 Å². The molecule has 3 rings (SSSR count). The Kier molecular flexibility index (Phi) is 4.21. The van der Waals surface area contributed by atoms with Crippen LogP contribution in [0.25, 0.3) is 22.7 Å². The van der Waals surface area contributed by atoms with Crippen LogP contribution in [0.2, 0.25) is 0 Å². The summed E-state index contributed by atoms with van der Waals surface area (Å²) < 4.78 is 0. The van der Waals surface area contributed by atoms with Crippen molar-refractivity contribution in [2.75, 3.05) is 7.05 Å². The van der Waals surface area contributed by atoms with Crippen LogP contribution in [-0.4, -0.2) is 28.1 Å². The summed E-state index contributed by atoms with van der Waals surface area (Å²) in [4.78, 5) is 19.2. The lowest BCUT2D eigenvalue weighted by Gasteiger charge is -2.03. The third-order valence-corrected chi connectivity index (χ3v) is 3.60. The van der Waals surface area contributed by atoms with E-state index in [1.165, 1.54) is 0 Å². The first-order chi connectivity index (χ1) is 11.2. The molecule has 3 N–H and O–H groups in total. The zero-order chi connectivity index (χ0) is 16.2. The molecule has 0 radical (unpaired) electrons. The molecule has 0 fully saturated rings. The summed E-state index contributed by atoms with van der Waals surface area (Å²) in [6.07, 6.45) is 3.46. The zero-order valence-corrected chi connectivity index (χ0v) is 12.7. The Labute approximate surface area is 133 Å². The van der Waals surface area contributed by atoms with Crippen LogP contribution in [0.4, 0.5) is 0 Å². The molecule has 5 nitrogen and oxygen atoms in total. The molecule has 0 bridgehead atoms. The van der Waals surface area contributed by atoms with Crippen LogP contribution in [0.1, 0.15) is 16.8 Å². The van der Waals surface area contributed by atoms with E-state index in [4.69, 9.17) is 0 Å². The molecule has 0 aliphatic carbocycles. The number of carboxylic acids is 1. The van der Waals surface area contributed by atoms with E-state index in [2.05, 4.69) is 15.3 Å². The fraction of sp³-hybridized carbons (Fsp3) is 0.111. The third-order valence-electron chi connectivity index (χ3n) is 3.60. The van der Waals surface area contributed by atoms with Gasteiger partial charge in [-0.2, -0.15) is 0 Å². The van der Waals surface area contributed by atoms with E-state index in [1.54, 1.807) is 24.4 Å². The molecule has 0 saturated heterocycles. The van der Waals surface area contributed by atoms with E-state index in [1.807, 2.05) is 37.4 Å². The highest BCUT2D eigenvalue weighted by molar-refractivity contribution is 6.21. The number of benzene rings is 1. The molecule has 0 atom stereocenters. The van der Waals surface area contributed by atoms with E-state index in [0.717, 1.165) is 22.3 Å². The number of carbonyl (C=O) groups is 1. The molecule has 0 aliphatic rings. The summed E-state index contributed by atoms with van der Waals surface area (Å²) in [7, 11) is 1.87. The van der Waals surface area contributed by atoms with Gasteiger partial charge in [0.2, 0.25) is 0 Å². The number of aromatic amines is 1. The molecule has 0 saturated carbocycles. The molecule has 23 heavy (non-hydrogen) atoms. The summed E-state index contributed by atoms with van der Waals surface area (Å²) in [5.41, 5.74) is 3.42. The van der Waals surface area contributed by atoms with Gasteiger partial charge in [-0.15, -0.1) is 0 Å². The summed E-state index contributed by atoms with van der Waals surface area (Å²) in [5, 5.41) is 13.5. The Hall–Kier alpha value is -2.92. The van der Waals surface area contributed by atoms with E-state index >= 15 is 0 Å². The van der Waals surface area contributed by atoms with Gasteiger partial charge >= 0.3 is 5.97 Å². The summed E-state index contributed by atoms with van der Waals surface area (Å²) in [6.45, 7) is 0.685. The van der Waals surface area contributed by atoms with Crippen molar-refractivity contribution in [2.24, 2.45) is 0 Å². The number of hydrogen-bond donors (Lipinski definition) is 3. The van der Waals surface area contributed by atoms with Gasteiger partial charge in [0.05, 0.1) is 11.3 Å². The Morgan fingerprint density at radius 1 is 1.26 bits per heavy atom. The smallest absolute Gasteiger partial charge is 0.336 e. The number of nitrogens with zero attached hydrogens (tertiary/aromatic N) is 1. The quantitative estimate of drug-likeness (QED) is 0.633. The van der Waals surface area contributed by atoms with Gasteiger partial charge < -0.3 is 15.4 Å². The SMILES string of the molecule is CNCc1ccc2c(/C=C(/C(=O)O)c3ccccc3)c[nH]c2n1. The predicted octanol–water partition coefficient (Wildman–Crippen LogP) is 2.91. The van der Waals surface area contributed by atoms with E-state index in [9.17, 15) is 9.90 Å². The van der Waals surface area contributed by atoms with E-state index in [-0.39, 0.29) is 5.57 Å². The Morgan fingerprint density at radius 2 is 2.04 bits per heavy atom. The van der Waals surface area contributed by atoms with Crippen molar-refractivity contribution in [3.8, 4) is 0 Å². The molecule has 0 amide bonds. The van der Waals surface area contributed by atoms with Gasteiger partial charge in [0, 0.05) is 23.7 Å². The van der Waals surface area contributed by atoms with Crippen LogP contribution >= 0.6 is 0 Å². The van der Waals surface area contributed by atoms with Crippen LogP contribution in [0, 0.1) is 0 Å². The van der Waals surface area contributed by atoms with Gasteiger partial charge in [-0.25, -0.2) is 9.78 Å². The first kappa shape index (κ1) is 15.0. The van der Waals surface area contributed by atoms with Gasteiger partial charge in [-0.1, -0.05) is 30.3 Å². The molecular weight excluding hydrogens is 290 g/mol. The molecular formula is C18H17N3O2. The average molecular weight is 307 g/mol. The topological polar surface area (TPSA) is 78.0 Å². The lowest BCUT2D eigenvalue weighted by Crippen LogP contribution is -2.06. The van der Waals surface area contributed by atoms with Crippen molar-refractivity contribution >= 4 is 28.7 Å². The molecule has 3 aromatic rings. The van der Waals surface area contributed by atoms with Crippen molar-refractivity contribution in [3.05, 3.63) is 65.5 Å². The normalized spacial score (nSPS) is 11.8. The highest BCUT2D eigenvalue weighted by atomic mass is 16.4. The second-order valence-electron chi connectivity index (χ2n) is 5.20. The molecule has 0 aliphatic heterocycles. The number of carboxylic acid groups (broad SMARTS) is 1. The largest absolute Gasteiger partial charge is 0.478 e. The van der Waals surface area contributed by atoms with Crippen molar-refractivity contribution < 1.29 is 9.90 Å². The maximum absolute atomic E-state index is 11.6. The third kappa shape index (κ3) is 3.14. The van der Waals surface area contributed by atoms with Crippen LogP contribution < -0.4 is 5.32 Å². The van der Waals surface area contributed by atoms with Gasteiger partial charge in [0.1, 0.15) is 5.65 Å². The van der Waals surface area contributed by atoms with E-state index < -0.39 is 5.97 Å². The fourth-order valence-corrected chi connectivity index (χ4v) is 2.51. The highest BCUT2D eigenvalue weighted by Crippen LogP contribution is 2.24. The number of hydrogen-bond acceptors (Lipinski definition) is 3. The minimum Gasteiger partial charge on any atom is -0.478 e. The van der Waals surface area contributed by atoms with Crippen molar-refractivity contribution in [1.29, 1.82) is 0 Å². The minimum atomic E-state index is -0.953. The van der Waals surface area contributed by atoms with Crippen LogP contribution in [0.3, 0.4) is 0 Å². The summed E-state index contributed by atoms with van der Waals surface area (Å²) in [6, 6.07) is 13.0. The number of fused-ring (bicyclic) bond motifs is 1. The zero-order valence-electron chi connectivity index (χ0n) is 12.7. The number of H-pyrrole nitrogens is 1. The summed E-state index contributed by atoms with van der Waals surface area (Å²) >= 11 is 0. The van der Waals surface area contributed by atoms with Crippen LogP contribution in [-0.2, 0) is 11.3 Å². The van der Waals surface area contributed by atoms with Crippen molar-refractivity contribution in [2.45, 2.75) is 6.54 Å². The standard InChI is InChI=1S/C18H17N3O2/c1-19-11-14-7-8-15-13(10-20-17(15)21-14)9-16(18(22)23)12-5-3-2-4-6-12/h2-10,19H,11H2,1H3,(H,20,21)(H,22,23)/b16-9+. The first-order valence-electron chi connectivity index (χ1n) is 7.31. The predicted molar refractivity (Wildman–Crippen MR) is 90.8 cm³/mol. The second kappa shape index (κ2) is 6.46. The first-order valence-corrected chi connectivity index (χ1v) is 7.31. The van der Waals surface area contributed by atoms with Gasteiger partial charge in [0.15, 0.2) is 0 Å². The van der Waals surface area contributed by atoms with Gasteiger partial charge in [0.25, 0.3) is 0 Å². The average Bonchev–Trinajstić information content (AvgIpc) is 2.95. The maximum atomic E-state index is 11.6. The Morgan fingerprint density at radius 3 is 2.74 bits per heavy atom. The maximum Gasteiger partial charge on any atom is 0.336 e. The van der Waals surface area contributed by atoms with Crippen molar-refractivity contribution in [3.63, 3.8) is 0 Å². The monoisotopic (exact) mass is 307 g/mol. The molecule has 116 valence electrons. The van der Waals surface area contributed by atoms with E-state index in [0.29, 0.717) is 12.1 Å². The molecule has 0 spiro atoms. The van der Waals surface area contributed by atoms with Crippen molar-refractivity contribution in [1.82, 2.24) is 15.3 Å².